The zero-order chi connectivity index (χ0) is 99.6. The fraction of sp³-hybridized carbons (Fsp3) is 0.109. The predicted molar refractivity (Wildman–Crippen MR) is 508 cm³/mol. The second kappa shape index (κ2) is 52.7. The van der Waals surface area contributed by atoms with Gasteiger partial charge in [-0.15, -0.1) is 0 Å². The molecule has 0 aliphatic heterocycles. The number of Topliss-reactive ketones (excluding diaryl/α,β-unsaturated/α-hetero) is 6. The van der Waals surface area contributed by atoms with E-state index in [4.69, 9.17) is 40.0 Å². The van der Waals surface area contributed by atoms with Crippen LogP contribution in [0, 0.1) is 24.4 Å². The smallest absolute Gasteiger partial charge is 0.187 e. The van der Waals surface area contributed by atoms with E-state index in [0.29, 0.717) is 126 Å². The van der Waals surface area contributed by atoms with E-state index < -0.39 is 11.6 Å². The van der Waals surface area contributed by atoms with Crippen molar-refractivity contribution >= 4 is 62.2 Å². The molecule has 0 aliphatic carbocycles. The lowest BCUT2D eigenvalue weighted by Gasteiger charge is -2.07. The quantitative estimate of drug-likeness (QED) is 0.0353. The minimum Gasteiger partial charge on any atom is -0.454 e. The Kier molecular flexibility index (Phi) is 37.5. The van der Waals surface area contributed by atoms with Gasteiger partial charge in [0.1, 0.15) is 124 Å². The van der Waals surface area contributed by atoms with E-state index in [1.807, 2.05) is 25.1 Å². The van der Waals surface area contributed by atoms with Gasteiger partial charge in [-0.2, -0.15) is 0 Å². The molecule has 18 rings (SSSR count). The Hall–Kier alpha value is -18.3. The molecule has 41 heteroatoms. The standard InChI is InChI=1S/C18H15FN4O2.C18H16N4O2.C17H13FN4O2.C16H11BrN4O2.C16H11ClN4O2.C16H11FN4O2/c1-2-16-15(19)4-3-12(23-16)7-18(24)17-8-13(5-6-22-17)25-14-9-20-11-21-10-14;1-2-13-3-5-21-14(7-13)8-18(23)17-9-15(4-6-22-17)24-16-10-19-12-20-11-16;1-11-4-14(18)15(22-7-11)6-17(23)16-5-12(2-3-21-16)24-13-8-19-10-20-9-13;2*17-11-1-3-20-12(5-11)6-16(22)15-7-13(2-4-21-15)23-14-8-18-10-19-9-14;17-13-2-1-4-20-14(13)7-16(22)15-6-11(3-5-21-15)23-12-8-18-10-19-9-12/h3-6,8-11H,2,7H2,1H3;3-7,9-12H,2,8H2,1H3;2-5,7-10H,6H2,1H3;2*1-5,7-10H,6H2;1-6,8-10H,7H2. The summed E-state index contributed by atoms with van der Waals surface area (Å²) in [6.45, 7) is 5.61. The fourth-order valence-corrected chi connectivity index (χ4v) is 12.7. The third kappa shape index (κ3) is 32.7. The number of halogens is 5. The number of carbonyl (C=O) groups excluding carboxylic acids is 6. The Morgan fingerprint density at radius 2 is 0.577 bits per heavy atom. The maximum absolute atomic E-state index is 13.8. The van der Waals surface area contributed by atoms with Crippen LogP contribution in [0.2, 0.25) is 5.02 Å². The number of ether oxygens (including phenoxy) is 6. The molecule has 142 heavy (non-hydrogen) atoms. The molecule has 708 valence electrons. The van der Waals surface area contributed by atoms with Gasteiger partial charge in [-0.05, 0) is 134 Å². The van der Waals surface area contributed by atoms with Crippen LogP contribution in [0.1, 0.15) is 128 Å². The Morgan fingerprint density at radius 3 is 0.901 bits per heavy atom. The molecular weight excluding hydrogens is 1910 g/mol. The molecule has 36 nitrogen and oxygen atoms in total. The maximum atomic E-state index is 13.8. The minimum absolute atomic E-state index is 0.0399. The molecule has 0 atom stereocenters. The summed E-state index contributed by atoms with van der Waals surface area (Å²) in [7, 11) is 0. The molecule has 0 spiro atoms. The van der Waals surface area contributed by atoms with Crippen LogP contribution in [-0.2, 0) is 51.4 Å². The van der Waals surface area contributed by atoms with Gasteiger partial charge in [0, 0.05) is 137 Å². The van der Waals surface area contributed by atoms with Crippen LogP contribution >= 0.6 is 27.5 Å². The number of rotatable bonds is 32. The first kappa shape index (κ1) is 101. The number of hydrogen-bond acceptors (Lipinski definition) is 36. The van der Waals surface area contributed by atoms with Crippen LogP contribution in [0.3, 0.4) is 0 Å². The van der Waals surface area contributed by atoms with Crippen molar-refractivity contribution in [2.24, 2.45) is 0 Å². The largest absolute Gasteiger partial charge is 0.454 e. The number of ketones is 6. The van der Waals surface area contributed by atoms with Gasteiger partial charge in [0.05, 0.1) is 130 Å². The highest BCUT2D eigenvalue weighted by Gasteiger charge is 2.21. The average molecular weight is 1990 g/mol. The molecule has 18 aromatic heterocycles. The van der Waals surface area contributed by atoms with E-state index >= 15 is 0 Å². The van der Waals surface area contributed by atoms with Crippen LogP contribution < -0.4 is 28.4 Å². The zero-order valence-corrected chi connectivity index (χ0v) is 77.5. The molecule has 0 fully saturated rings. The second-order valence-corrected chi connectivity index (χ2v) is 30.7. The topological polar surface area (TPSA) is 467 Å². The summed E-state index contributed by atoms with van der Waals surface area (Å²) in [6.07, 6.45) is 45.1. The first-order chi connectivity index (χ1) is 69.1. The molecule has 0 bridgehead atoms. The van der Waals surface area contributed by atoms with E-state index in [2.05, 4.69) is 142 Å². The number of carbonyl (C=O) groups is 6. The van der Waals surface area contributed by atoms with Crippen molar-refractivity contribution in [3.05, 3.63) is 432 Å². The molecule has 0 unspecified atom stereocenters. The SMILES string of the molecule is CCc1ccnc(CC(=O)c2cc(Oc3cncnc3)ccn2)c1.CCc1nc(CC(=O)c2cc(Oc3cncnc3)ccn2)ccc1F.Cc1cnc(CC(=O)c2cc(Oc3cncnc3)ccn2)c(F)c1.O=C(Cc1cc(Br)ccn1)c1cc(Oc2cncnc2)ccn1.O=C(Cc1cc(Cl)ccn1)c1cc(Oc2cncnc2)ccn1.O=C(Cc1ncccc1F)c1cc(Oc2cncnc2)ccn1. The van der Waals surface area contributed by atoms with Gasteiger partial charge in [0.2, 0.25) is 0 Å². The first-order valence-corrected chi connectivity index (χ1v) is 43.8. The summed E-state index contributed by atoms with van der Waals surface area (Å²) in [6, 6.07) is 36.9. The molecule has 18 heterocycles. The maximum Gasteiger partial charge on any atom is 0.187 e. The monoisotopic (exact) mass is 1990 g/mol. The van der Waals surface area contributed by atoms with E-state index in [0.717, 1.165) is 22.2 Å². The third-order valence-electron chi connectivity index (χ3n) is 18.8. The van der Waals surface area contributed by atoms with Gasteiger partial charge in [-0.25, -0.2) is 73.0 Å². The first-order valence-electron chi connectivity index (χ1n) is 42.7. The molecule has 0 saturated heterocycles. The molecule has 0 radical (unpaired) electrons. The summed E-state index contributed by atoms with van der Waals surface area (Å²) < 4.78 is 75.2. The lowest BCUT2D eigenvalue weighted by atomic mass is 10.1. The van der Waals surface area contributed by atoms with Crippen molar-refractivity contribution < 1.29 is 70.4 Å². The van der Waals surface area contributed by atoms with Gasteiger partial charge in [-0.3, -0.25) is 88.6 Å². The predicted octanol–water partition coefficient (Wildman–Crippen LogP) is 18.2. The lowest BCUT2D eigenvalue weighted by Crippen LogP contribution is -2.09. The lowest BCUT2D eigenvalue weighted by molar-refractivity contribution is 0.0977. The number of aryl methyl sites for hydroxylation is 3. The highest BCUT2D eigenvalue weighted by Crippen LogP contribution is 2.29. The molecule has 0 saturated carbocycles. The number of nitrogens with zero attached hydrogens (tertiary/aromatic N) is 24. The van der Waals surface area contributed by atoms with Gasteiger partial charge < -0.3 is 28.4 Å². The average Bonchev–Trinajstić information content (AvgIpc) is 0.866. The summed E-state index contributed by atoms with van der Waals surface area (Å²) in [4.78, 5) is 169. The Balaban J connectivity index is 0.000000143. The van der Waals surface area contributed by atoms with Crippen molar-refractivity contribution in [1.29, 1.82) is 0 Å². The van der Waals surface area contributed by atoms with Gasteiger partial charge >= 0.3 is 0 Å². The third-order valence-corrected chi connectivity index (χ3v) is 19.5. The normalized spacial score (nSPS) is 10.4. The van der Waals surface area contributed by atoms with Crippen molar-refractivity contribution in [2.75, 3.05) is 0 Å². The van der Waals surface area contributed by atoms with E-state index in [1.54, 1.807) is 135 Å². The van der Waals surface area contributed by atoms with Crippen LogP contribution in [0.5, 0.6) is 69.0 Å². The van der Waals surface area contributed by atoms with Gasteiger partial charge in [-0.1, -0.05) is 41.4 Å². The molecule has 0 aliphatic rings. The zero-order valence-electron chi connectivity index (χ0n) is 75.2. The second-order valence-electron chi connectivity index (χ2n) is 29.3. The molecule has 0 N–H and O–H groups in total. The Labute approximate surface area is 820 Å². The van der Waals surface area contributed by atoms with Crippen LogP contribution in [0.15, 0.2) is 324 Å². The van der Waals surface area contributed by atoms with Crippen molar-refractivity contribution in [3.63, 3.8) is 0 Å². The van der Waals surface area contributed by atoms with Crippen molar-refractivity contribution in [1.82, 2.24) is 120 Å². The Bertz CT molecular complexity index is 7170. The van der Waals surface area contributed by atoms with Gasteiger partial charge in [0.25, 0.3) is 0 Å². The number of aromatic nitrogens is 24. The summed E-state index contributed by atoms with van der Waals surface area (Å²) in [5, 5.41) is 0.539. The summed E-state index contributed by atoms with van der Waals surface area (Å²) >= 11 is 9.25. The summed E-state index contributed by atoms with van der Waals surface area (Å²) in [5.41, 5.74) is 6.43. The van der Waals surface area contributed by atoms with Crippen molar-refractivity contribution in [2.45, 2.75) is 72.1 Å². The van der Waals surface area contributed by atoms with E-state index in [-0.39, 0.29) is 108 Å². The molecule has 18 aromatic rings. The van der Waals surface area contributed by atoms with Crippen LogP contribution in [0.4, 0.5) is 13.2 Å². The highest BCUT2D eigenvalue weighted by atomic mass is 79.9. The highest BCUT2D eigenvalue weighted by molar-refractivity contribution is 9.10. The number of hydrogen-bond donors (Lipinski definition) is 0. The van der Waals surface area contributed by atoms with E-state index in [9.17, 15) is 41.9 Å². The fourth-order valence-electron chi connectivity index (χ4n) is 12.2. The Morgan fingerprint density at radius 1 is 0.275 bits per heavy atom. The van der Waals surface area contributed by atoms with Crippen molar-refractivity contribution in [3.8, 4) is 69.0 Å². The minimum atomic E-state index is -0.519. The van der Waals surface area contributed by atoms with Gasteiger partial charge in [0.15, 0.2) is 69.2 Å². The van der Waals surface area contributed by atoms with Crippen LogP contribution in [0.25, 0.3) is 0 Å². The van der Waals surface area contributed by atoms with E-state index in [1.165, 1.54) is 173 Å². The summed E-state index contributed by atoms with van der Waals surface area (Å²) in [5.74, 6) is 2.87. The molecule has 0 aromatic carbocycles. The molecule has 0 amide bonds. The van der Waals surface area contributed by atoms with Crippen LogP contribution in [-0.4, -0.2) is 154 Å². The molecular formula is C101H77BrClF3N24O12. The number of pyridine rings is 12.